The molecule has 3 saturated heterocycles. The number of likely N-dealkylation sites (tertiary alicyclic amines) is 1. The second-order valence-corrected chi connectivity index (χ2v) is 12.9. The van der Waals surface area contributed by atoms with Crippen LogP contribution in [0, 0.1) is 17.8 Å². The largest absolute Gasteiger partial charge is 0.460 e. The average Bonchev–Trinajstić information content (AvgIpc) is 3.72. The van der Waals surface area contributed by atoms with Gasteiger partial charge in [-0.1, -0.05) is 25.5 Å². The maximum atomic E-state index is 13.2. The molecule has 0 radical (unpaired) electrons. The van der Waals surface area contributed by atoms with E-state index in [2.05, 4.69) is 58.0 Å². The van der Waals surface area contributed by atoms with Gasteiger partial charge in [0.2, 0.25) is 0 Å². The van der Waals surface area contributed by atoms with E-state index in [1.807, 2.05) is 0 Å². The van der Waals surface area contributed by atoms with Crippen molar-refractivity contribution in [2.24, 2.45) is 17.8 Å². The highest BCUT2D eigenvalue weighted by atomic mass is 16.6. The Morgan fingerprint density at radius 3 is 2.62 bits per heavy atom. The van der Waals surface area contributed by atoms with Gasteiger partial charge >= 0.3 is 5.97 Å². The first kappa shape index (κ1) is 29.0. The van der Waals surface area contributed by atoms with Crippen molar-refractivity contribution in [1.82, 2.24) is 10.2 Å². The molecule has 212 valence electrons. The quantitative estimate of drug-likeness (QED) is 0.168. The van der Waals surface area contributed by atoms with Gasteiger partial charge in [0, 0.05) is 19.6 Å². The number of esters is 1. The van der Waals surface area contributed by atoms with E-state index in [0.29, 0.717) is 18.4 Å². The molecule has 0 aromatic carbocycles. The fraction of sp³-hybridized carbons (Fsp3) is 0.900. The summed E-state index contributed by atoms with van der Waals surface area (Å²) in [5.41, 5.74) is 0.788. The number of nitrogens with zero attached hydrogens (tertiary/aromatic N) is 1. The molecule has 1 aliphatic carbocycles. The van der Waals surface area contributed by atoms with Gasteiger partial charge in [0.15, 0.2) is 0 Å². The average molecular weight is 521 g/mol. The molecule has 0 amide bonds. The predicted octanol–water partition coefficient (Wildman–Crippen LogP) is 4.34. The van der Waals surface area contributed by atoms with Gasteiger partial charge in [0.1, 0.15) is 23.4 Å². The fourth-order valence-corrected chi connectivity index (χ4v) is 6.94. The Bertz CT molecular complexity index is 808. The lowest BCUT2D eigenvalue weighted by Crippen LogP contribution is -2.55. The zero-order chi connectivity index (χ0) is 26.8. The van der Waals surface area contributed by atoms with Crippen LogP contribution in [0.2, 0.25) is 0 Å². The lowest BCUT2D eigenvalue weighted by atomic mass is 9.68. The maximum Gasteiger partial charge on any atom is 0.306 e. The molecule has 0 bridgehead atoms. The van der Waals surface area contributed by atoms with Crippen molar-refractivity contribution in [3.8, 4) is 0 Å². The first-order valence-corrected chi connectivity index (χ1v) is 14.7. The molecule has 4 rings (SSSR count). The molecule has 1 spiro atoms. The van der Waals surface area contributed by atoms with E-state index in [0.717, 1.165) is 39.0 Å². The highest BCUT2D eigenvalue weighted by Gasteiger charge is 2.72. The standard InChI is InChI=1S/C30H52N2O5/c1-20(2)10-11-25-29(5,37-25)28-27(34-7)24(12-14-30(28)19-35-30)36-26(33)17-22(21(3)4)18-31-15-13-23-9-8-16-32(23)6/h10,21-25,27-28,31H,8-9,11-19H2,1-7H3/t22-,23?,24+,25+,27+,28+,29-,30-/m0/s1. The molecule has 3 heterocycles. The highest BCUT2D eigenvalue weighted by Crippen LogP contribution is 2.59. The summed E-state index contributed by atoms with van der Waals surface area (Å²) >= 11 is 0. The number of hydrogen-bond donors (Lipinski definition) is 1. The Hall–Kier alpha value is -0.990. The summed E-state index contributed by atoms with van der Waals surface area (Å²) in [5, 5.41) is 3.63. The third-order valence-corrected chi connectivity index (χ3v) is 9.62. The van der Waals surface area contributed by atoms with Crippen LogP contribution in [0.5, 0.6) is 0 Å². The third kappa shape index (κ3) is 6.78. The van der Waals surface area contributed by atoms with Gasteiger partial charge in [0.25, 0.3) is 0 Å². The third-order valence-electron chi connectivity index (χ3n) is 9.62. The van der Waals surface area contributed by atoms with Gasteiger partial charge in [0.05, 0.1) is 18.6 Å². The number of epoxide rings is 2. The molecule has 37 heavy (non-hydrogen) atoms. The Morgan fingerprint density at radius 2 is 2.03 bits per heavy atom. The number of allylic oxidation sites excluding steroid dienone is 1. The Kier molecular flexibility index (Phi) is 9.43. The Morgan fingerprint density at radius 1 is 1.27 bits per heavy atom. The maximum absolute atomic E-state index is 13.2. The number of rotatable bonds is 13. The van der Waals surface area contributed by atoms with Crippen molar-refractivity contribution in [2.75, 3.05) is 40.4 Å². The summed E-state index contributed by atoms with van der Waals surface area (Å²) in [4.78, 5) is 15.6. The number of nitrogens with one attached hydrogen (secondary N) is 1. The first-order chi connectivity index (χ1) is 17.6. The smallest absolute Gasteiger partial charge is 0.306 e. The molecule has 4 fully saturated rings. The van der Waals surface area contributed by atoms with Gasteiger partial charge in [-0.3, -0.25) is 4.79 Å². The van der Waals surface area contributed by atoms with Crippen LogP contribution in [-0.4, -0.2) is 86.8 Å². The number of carbonyl (C=O) groups excluding carboxylic acids is 1. The van der Waals surface area contributed by atoms with E-state index in [1.165, 1.54) is 31.4 Å². The molecule has 4 aliphatic rings. The van der Waals surface area contributed by atoms with Gasteiger partial charge in [-0.2, -0.15) is 0 Å². The minimum Gasteiger partial charge on any atom is -0.460 e. The first-order valence-electron chi connectivity index (χ1n) is 14.7. The molecule has 0 aromatic heterocycles. The molecule has 1 unspecified atom stereocenters. The normalized spacial score (nSPS) is 38.1. The summed E-state index contributed by atoms with van der Waals surface area (Å²) in [5.74, 6) is 0.607. The van der Waals surface area contributed by atoms with Crippen molar-refractivity contribution in [2.45, 2.75) is 115 Å². The predicted molar refractivity (Wildman–Crippen MR) is 145 cm³/mol. The SMILES string of the molecule is CO[C@@H]1[C@H](OC(=O)C[C@@H](CNCCC2CCCN2C)C(C)C)CC[C@]2(CO2)[C@H]1[C@@]1(C)O[C@@H]1CC=C(C)C. The Balaban J connectivity index is 1.31. The van der Waals surface area contributed by atoms with Crippen LogP contribution in [0.4, 0.5) is 0 Å². The van der Waals surface area contributed by atoms with E-state index < -0.39 is 0 Å². The zero-order valence-corrected chi connectivity index (χ0v) is 24.4. The molecule has 8 atom stereocenters. The second-order valence-electron chi connectivity index (χ2n) is 12.9. The van der Waals surface area contributed by atoms with E-state index in [1.54, 1.807) is 7.11 Å². The van der Waals surface area contributed by atoms with Gasteiger partial charge in [-0.15, -0.1) is 0 Å². The van der Waals surface area contributed by atoms with Crippen LogP contribution in [0.1, 0.15) is 79.6 Å². The molecule has 1 saturated carbocycles. The van der Waals surface area contributed by atoms with Crippen molar-refractivity contribution >= 4 is 5.97 Å². The summed E-state index contributed by atoms with van der Waals surface area (Å²) in [7, 11) is 3.96. The van der Waals surface area contributed by atoms with Gasteiger partial charge in [-0.05, 0) is 97.8 Å². The minimum absolute atomic E-state index is 0.0587. The second kappa shape index (κ2) is 12.0. The van der Waals surface area contributed by atoms with Crippen LogP contribution in [0.3, 0.4) is 0 Å². The van der Waals surface area contributed by atoms with Crippen LogP contribution in [-0.2, 0) is 23.7 Å². The molecule has 7 nitrogen and oxygen atoms in total. The van der Waals surface area contributed by atoms with Crippen molar-refractivity contribution in [3.05, 3.63) is 11.6 Å². The van der Waals surface area contributed by atoms with E-state index in [-0.39, 0.29) is 47.3 Å². The number of methoxy groups -OCH3 is 1. The zero-order valence-electron chi connectivity index (χ0n) is 24.4. The van der Waals surface area contributed by atoms with Gasteiger partial charge in [-0.25, -0.2) is 0 Å². The fourth-order valence-electron chi connectivity index (χ4n) is 6.94. The van der Waals surface area contributed by atoms with E-state index in [4.69, 9.17) is 18.9 Å². The van der Waals surface area contributed by atoms with E-state index in [9.17, 15) is 4.79 Å². The van der Waals surface area contributed by atoms with Crippen molar-refractivity contribution in [3.63, 3.8) is 0 Å². The summed E-state index contributed by atoms with van der Waals surface area (Å²) in [6.45, 7) is 14.6. The van der Waals surface area contributed by atoms with Gasteiger partial charge < -0.3 is 29.2 Å². The van der Waals surface area contributed by atoms with Crippen LogP contribution in [0.15, 0.2) is 11.6 Å². The molecule has 1 N–H and O–H groups in total. The molecule has 7 heteroatoms. The van der Waals surface area contributed by atoms with Crippen molar-refractivity contribution in [1.29, 1.82) is 0 Å². The van der Waals surface area contributed by atoms with Crippen molar-refractivity contribution < 1.29 is 23.7 Å². The summed E-state index contributed by atoms with van der Waals surface area (Å²) in [6, 6.07) is 0.692. The minimum atomic E-state index is -0.314. The topological polar surface area (TPSA) is 75.9 Å². The molecule has 0 aromatic rings. The number of carbonyl (C=O) groups is 1. The number of ether oxygens (including phenoxy) is 4. The lowest BCUT2D eigenvalue weighted by molar-refractivity contribution is -0.173. The van der Waals surface area contributed by atoms with E-state index >= 15 is 0 Å². The Labute approximate surface area is 225 Å². The van der Waals surface area contributed by atoms with Crippen LogP contribution in [0.25, 0.3) is 0 Å². The highest BCUT2D eigenvalue weighted by molar-refractivity contribution is 5.70. The summed E-state index contributed by atoms with van der Waals surface area (Å²) in [6.07, 6.45) is 8.67. The van der Waals surface area contributed by atoms with Crippen LogP contribution < -0.4 is 5.32 Å². The number of hydrogen-bond acceptors (Lipinski definition) is 7. The van der Waals surface area contributed by atoms with Crippen LogP contribution >= 0.6 is 0 Å². The molecular formula is C30H52N2O5. The molecule has 3 aliphatic heterocycles. The lowest BCUT2D eigenvalue weighted by Gasteiger charge is -2.42. The monoisotopic (exact) mass is 520 g/mol. The molecular weight excluding hydrogens is 468 g/mol. The summed E-state index contributed by atoms with van der Waals surface area (Å²) < 4.78 is 24.6.